The zero-order valence-corrected chi connectivity index (χ0v) is 12.1. The summed E-state index contributed by atoms with van der Waals surface area (Å²) in [6.45, 7) is 4.00. The van der Waals surface area contributed by atoms with Crippen LogP contribution in [0.2, 0.25) is 0 Å². The lowest BCUT2D eigenvalue weighted by molar-refractivity contribution is 0.510. The molecular weight excluding hydrogens is 286 g/mol. The molecule has 0 saturated carbocycles. The molecule has 3 heterocycles. The Morgan fingerprint density at radius 1 is 1.05 bits per heavy atom. The summed E-state index contributed by atoms with van der Waals surface area (Å²) >= 11 is 0. The first-order valence-electron chi connectivity index (χ1n) is 6.98. The summed E-state index contributed by atoms with van der Waals surface area (Å²) in [6.07, 6.45) is 4.94. The van der Waals surface area contributed by atoms with Crippen molar-refractivity contribution in [2.75, 3.05) is 0 Å². The Bertz CT molecular complexity index is 926. The molecule has 22 heavy (non-hydrogen) atoms. The van der Waals surface area contributed by atoms with Crippen molar-refractivity contribution >= 4 is 21.9 Å². The van der Waals surface area contributed by atoms with Crippen LogP contribution in [0.3, 0.4) is 0 Å². The van der Waals surface area contributed by atoms with Gasteiger partial charge in [-0.25, -0.2) is 8.78 Å². The Balaban J connectivity index is 0.000000693. The number of aromatic nitrogens is 4. The second kappa shape index (κ2) is 5.55. The van der Waals surface area contributed by atoms with Gasteiger partial charge < -0.3 is 4.57 Å². The molecule has 0 unspecified atom stereocenters. The summed E-state index contributed by atoms with van der Waals surface area (Å²) in [7, 11) is 0. The number of nitrogens with zero attached hydrogens (tertiary/aromatic N) is 3. The van der Waals surface area contributed by atoms with Gasteiger partial charge in [0.25, 0.3) is 0 Å². The Labute approximate surface area is 125 Å². The number of fused-ring (bicyclic) bond motifs is 3. The zero-order chi connectivity index (χ0) is 15.7. The highest BCUT2D eigenvalue weighted by Crippen LogP contribution is 2.31. The first-order valence-corrected chi connectivity index (χ1v) is 6.98. The van der Waals surface area contributed by atoms with Crippen molar-refractivity contribution in [2.45, 2.75) is 13.8 Å². The number of hydrogen-bond donors (Lipinski definition) is 1. The molecule has 0 aliphatic heterocycles. The molecule has 3 aromatic heterocycles. The minimum absolute atomic E-state index is 0.570. The molecule has 4 nitrogen and oxygen atoms in total. The van der Waals surface area contributed by atoms with E-state index < -0.39 is 11.6 Å². The topological polar surface area (TPSA) is 46.5 Å². The molecule has 0 amide bonds. The van der Waals surface area contributed by atoms with Crippen molar-refractivity contribution < 1.29 is 8.78 Å². The molecule has 0 atom stereocenters. The molecule has 4 rings (SSSR count). The van der Waals surface area contributed by atoms with E-state index in [4.69, 9.17) is 0 Å². The summed E-state index contributed by atoms with van der Waals surface area (Å²) in [4.78, 5) is 4.06. The van der Waals surface area contributed by atoms with E-state index in [0.717, 1.165) is 11.2 Å². The molecule has 1 N–H and O–H groups in total. The van der Waals surface area contributed by atoms with Gasteiger partial charge in [0.05, 0.1) is 34.6 Å². The van der Waals surface area contributed by atoms with Gasteiger partial charge in [-0.3, -0.25) is 10.1 Å². The van der Waals surface area contributed by atoms with Crippen molar-refractivity contribution in [3.8, 4) is 5.69 Å². The predicted molar refractivity (Wildman–Crippen MR) is 82.0 cm³/mol. The minimum atomic E-state index is -0.879. The Kier molecular flexibility index (Phi) is 3.58. The minimum Gasteiger partial charge on any atom is -0.305 e. The monoisotopic (exact) mass is 300 g/mol. The quantitative estimate of drug-likeness (QED) is 0.572. The van der Waals surface area contributed by atoms with Gasteiger partial charge in [-0.15, -0.1) is 0 Å². The summed E-state index contributed by atoms with van der Waals surface area (Å²) in [5, 5.41) is 7.37. The highest BCUT2D eigenvalue weighted by molar-refractivity contribution is 6.06. The Morgan fingerprint density at radius 3 is 2.55 bits per heavy atom. The third-order valence-corrected chi connectivity index (χ3v) is 3.31. The molecule has 1 aromatic carbocycles. The standard InChI is InChI=1S/C14H8F2N4.C2H6/c15-10-4-9-12(5-11(10)16)20(8-2-1-3-17-6-8)13-7-18-19-14(9)13;1-2/h1-7H,(H,18,19);1-2H3. The van der Waals surface area contributed by atoms with Crippen molar-refractivity contribution in [3.63, 3.8) is 0 Å². The highest BCUT2D eigenvalue weighted by atomic mass is 19.2. The van der Waals surface area contributed by atoms with E-state index in [1.54, 1.807) is 29.2 Å². The third-order valence-electron chi connectivity index (χ3n) is 3.31. The lowest BCUT2D eigenvalue weighted by Crippen LogP contribution is -1.95. The van der Waals surface area contributed by atoms with Crippen molar-refractivity contribution in [1.29, 1.82) is 0 Å². The van der Waals surface area contributed by atoms with Crippen LogP contribution in [-0.4, -0.2) is 19.7 Å². The fourth-order valence-corrected chi connectivity index (χ4v) is 2.46. The second-order valence-electron chi connectivity index (χ2n) is 4.46. The average molecular weight is 300 g/mol. The largest absolute Gasteiger partial charge is 0.305 e. The zero-order valence-electron chi connectivity index (χ0n) is 12.1. The van der Waals surface area contributed by atoms with E-state index >= 15 is 0 Å². The molecule has 0 bridgehead atoms. The van der Waals surface area contributed by atoms with Crippen LogP contribution in [0.25, 0.3) is 27.6 Å². The Hall–Kier alpha value is -2.76. The van der Waals surface area contributed by atoms with Crippen LogP contribution in [0.5, 0.6) is 0 Å². The van der Waals surface area contributed by atoms with E-state index in [0.29, 0.717) is 16.4 Å². The lowest BCUT2D eigenvalue weighted by atomic mass is 10.2. The van der Waals surface area contributed by atoms with Gasteiger partial charge >= 0.3 is 0 Å². The molecule has 0 aliphatic rings. The van der Waals surface area contributed by atoms with Crippen LogP contribution in [0.4, 0.5) is 8.78 Å². The summed E-state index contributed by atoms with van der Waals surface area (Å²) in [5.74, 6) is -1.76. The van der Waals surface area contributed by atoms with Gasteiger partial charge in [0, 0.05) is 17.6 Å². The van der Waals surface area contributed by atoms with Gasteiger partial charge in [0.15, 0.2) is 11.6 Å². The van der Waals surface area contributed by atoms with E-state index in [2.05, 4.69) is 15.2 Å². The lowest BCUT2D eigenvalue weighted by Gasteiger charge is -2.05. The third kappa shape index (κ3) is 2.04. The van der Waals surface area contributed by atoms with Gasteiger partial charge in [-0.1, -0.05) is 13.8 Å². The molecule has 0 saturated heterocycles. The Morgan fingerprint density at radius 2 is 1.82 bits per heavy atom. The van der Waals surface area contributed by atoms with Gasteiger partial charge in [0.1, 0.15) is 0 Å². The number of nitrogens with one attached hydrogen (secondary N) is 1. The average Bonchev–Trinajstić information content (AvgIpc) is 3.12. The maximum atomic E-state index is 13.5. The molecule has 0 aliphatic carbocycles. The fraction of sp³-hybridized carbons (Fsp3) is 0.125. The number of halogens is 2. The maximum Gasteiger partial charge on any atom is 0.160 e. The summed E-state index contributed by atoms with van der Waals surface area (Å²) in [6, 6.07) is 6.00. The number of aromatic amines is 1. The van der Waals surface area contributed by atoms with Crippen molar-refractivity contribution in [3.05, 3.63) is 54.5 Å². The number of H-pyrrole nitrogens is 1. The number of benzene rings is 1. The molecule has 6 heteroatoms. The molecule has 4 aromatic rings. The van der Waals surface area contributed by atoms with Crippen LogP contribution in [0.1, 0.15) is 13.8 Å². The highest BCUT2D eigenvalue weighted by Gasteiger charge is 2.16. The second-order valence-corrected chi connectivity index (χ2v) is 4.46. The fourth-order valence-electron chi connectivity index (χ4n) is 2.46. The van der Waals surface area contributed by atoms with Gasteiger partial charge in [0.2, 0.25) is 0 Å². The number of hydrogen-bond acceptors (Lipinski definition) is 2. The van der Waals surface area contributed by atoms with E-state index in [1.165, 1.54) is 12.1 Å². The van der Waals surface area contributed by atoms with Crippen LogP contribution < -0.4 is 0 Å². The van der Waals surface area contributed by atoms with Gasteiger partial charge in [-0.05, 0) is 18.2 Å². The van der Waals surface area contributed by atoms with Crippen LogP contribution in [0.15, 0.2) is 42.9 Å². The van der Waals surface area contributed by atoms with Crippen LogP contribution >= 0.6 is 0 Å². The smallest absolute Gasteiger partial charge is 0.160 e. The van der Waals surface area contributed by atoms with Crippen LogP contribution in [-0.2, 0) is 0 Å². The van der Waals surface area contributed by atoms with E-state index in [-0.39, 0.29) is 0 Å². The number of pyridine rings is 1. The molecule has 0 radical (unpaired) electrons. The molecular formula is C16H14F2N4. The van der Waals surface area contributed by atoms with Crippen LogP contribution in [0, 0.1) is 11.6 Å². The number of rotatable bonds is 1. The van der Waals surface area contributed by atoms with E-state index in [1.807, 2.05) is 19.9 Å². The first kappa shape index (κ1) is 14.2. The van der Waals surface area contributed by atoms with Crippen molar-refractivity contribution in [2.24, 2.45) is 0 Å². The summed E-state index contributed by atoms with van der Waals surface area (Å²) < 4.78 is 28.8. The molecule has 112 valence electrons. The first-order chi connectivity index (χ1) is 10.8. The van der Waals surface area contributed by atoms with Crippen molar-refractivity contribution in [1.82, 2.24) is 19.7 Å². The normalized spacial score (nSPS) is 10.7. The predicted octanol–water partition coefficient (Wildman–Crippen LogP) is 4.21. The van der Waals surface area contributed by atoms with Gasteiger partial charge in [-0.2, -0.15) is 5.10 Å². The van der Waals surface area contributed by atoms with E-state index in [9.17, 15) is 8.78 Å². The maximum absolute atomic E-state index is 13.5. The summed E-state index contributed by atoms with van der Waals surface area (Å²) in [5.41, 5.74) is 2.75. The molecule has 0 fully saturated rings. The SMILES string of the molecule is CC.Fc1cc2c3[nH]ncc3n(-c3cccnc3)c2cc1F. The molecule has 0 spiro atoms.